The lowest BCUT2D eigenvalue weighted by Crippen LogP contribution is -2.38. The Morgan fingerprint density at radius 1 is 1.12 bits per heavy atom. The average Bonchev–Trinajstić information content (AvgIpc) is 3.15. The van der Waals surface area contributed by atoms with E-state index in [-0.39, 0.29) is 16.8 Å². The van der Waals surface area contributed by atoms with Gasteiger partial charge in [-0.1, -0.05) is 43.6 Å². The number of rotatable bonds is 6. The molecule has 4 rings (SSSR count). The van der Waals surface area contributed by atoms with Gasteiger partial charge < -0.3 is 4.57 Å². The molecule has 1 aliphatic rings. The zero-order chi connectivity index (χ0) is 23.6. The van der Waals surface area contributed by atoms with Crippen molar-refractivity contribution in [2.75, 3.05) is 7.05 Å². The molecule has 1 amide bonds. The fourth-order valence-electron chi connectivity index (χ4n) is 4.43. The monoisotopic (exact) mass is 485 g/mol. The maximum Gasteiger partial charge on any atom is 0.279 e. The maximum atomic E-state index is 13.1. The molecule has 0 atom stereocenters. The van der Waals surface area contributed by atoms with Gasteiger partial charge in [-0.05, 0) is 68.1 Å². The van der Waals surface area contributed by atoms with Gasteiger partial charge in [0.25, 0.3) is 5.91 Å². The van der Waals surface area contributed by atoms with Crippen molar-refractivity contribution in [2.45, 2.75) is 69.9 Å². The van der Waals surface area contributed by atoms with Crippen molar-refractivity contribution in [1.82, 2.24) is 8.87 Å². The van der Waals surface area contributed by atoms with Gasteiger partial charge in [-0.2, -0.15) is 9.30 Å². The van der Waals surface area contributed by atoms with Gasteiger partial charge in [0.05, 0.1) is 15.1 Å². The zero-order valence-corrected chi connectivity index (χ0v) is 21.1. The molecule has 0 bridgehead atoms. The molecule has 0 saturated heterocycles. The van der Waals surface area contributed by atoms with Gasteiger partial charge in [0, 0.05) is 25.2 Å². The van der Waals surface area contributed by atoms with Crippen LogP contribution < -0.4 is 4.80 Å². The number of nitrogens with zero attached hydrogens (tertiary/aromatic N) is 3. The molecule has 8 heteroatoms. The molecule has 0 spiro atoms. The predicted molar refractivity (Wildman–Crippen MR) is 133 cm³/mol. The van der Waals surface area contributed by atoms with E-state index in [9.17, 15) is 13.2 Å². The van der Waals surface area contributed by atoms with Gasteiger partial charge in [0.1, 0.15) is 0 Å². The van der Waals surface area contributed by atoms with E-state index in [1.54, 1.807) is 19.2 Å². The summed E-state index contributed by atoms with van der Waals surface area (Å²) in [5.41, 5.74) is 2.62. The fraction of sp³-hybridized carbons (Fsp3) is 0.440. The third-order valence-electron chi connectivity index (χ3n) is 6.35. The van der Waals surface area contributed by atoms with Crippen LogP contribution in [0.3, 0.4) is 0 Å². The summed E-state index contributed by atoms with van der Waals surface area (Å²) in [6, 6.07) is 12.5. The van der Waals surface area contributed by atoms with E-state index in [2.05, 4.69) is 34.7 Å². The van der Waals surface area contributed by atoms with Crippen LogP contribution in [0.4, 0.5) is 0 Å². The minimum absolute atomic E-state index is 0.0469. The van der Waals surface area contributed by atoms with Gasteiger partial charge in [-0.25, -0.2) is 8.42 Å². The van der Waals surface area contributed by atoms with E-state index in [0.717, 1.165) is 48.9 Å². The van der Waals surface area contributed by atoms with Crippen molar-refractivity contribution in [2.24, 2.45) is 4.99 Å². The second-order valence-electron chi connectivity index (χ2n) is 8.76. The largest absolute Gasteiger partial charge is 0.316 e. The Hall–Kier alpha value is -2.29. The Morgan fingerprint density at radius 3 is 2.48 bits per heavy atom. The number of sulfonamides is 1. The lowest BCUT2D eigenvalue weighted by Gasteiger charge is -2.30. The summed E-state index contributed by atoms with van der Waals surface area (Å²) >= 11 is 1.50. The first-order valence-electron chi connectivity index (χ1n) is 11.6. The number of amides is 1. The highest BCUT2D eigenvalue weighted by molar-refractivity contribution is 7.89. The second-order valence-corrected chi connectivity index (χ2v) is 11.8. The number of carbonyl (C=O) groups excluding carboxylic acids is 1. The summed E-state index contributed by atoms with van der Waals surface area (Å²) < 4.78 is 30.8. The van der Waals surface area contributed by atoms with Gasteiger partial charge in [0.2, 0.25) is 10.0 Å². The standard InChI is InChI=1S/C25H31N3O3S2/c1-4-16-28-22-15-10-18(2)17-23(22)32-25(28)26-24(29)19-11-13-21(14-12-19)33(30,31)27(3)20-8-6-5-7-9-20/h10-15,17,20H,4-9,16H2,1-3H3. The molecule has 2 aromatic carbocycles. The number of hydrogen-bond acceptors (Lipinski definition) is 4. The van der Waals surface area contributed by atoms with Crippen LogP contribution in [-0.2, 0) is 16.6 Å². The summed E-state index contributed by atoms with van der Waals surface area (Å²) in [4.78, 5) is 18.2. The highest BCUT2D eigenvalue weighted by Crippen LogP contribution is 2.26. The Labute approximate surface area is 199 Å². The van der Waals surface area contributed by atoms with E-state index >= 15 is 0 Å². The molecular formula is C25H31N3O3S2. The topological polar surface area (TPSA) is 71.7 Å². The number of thiazole rings is 1. The van der Waals surface area contributed by atoms with E-state index < -0.39 is 10.0 Å². The van der Waals surface area contributed by atoms with Crippen molar-refractivity contribution in [3.63, 3.8) is 0 Å². The Bertz CT molecular complexity index is 1320. The number of aryl methyl sites for hydroxylation is 2. The molecular weight excluding hydrogens is 454 g/mol. The van der Waals surface area contributed by atoms with Crippen molar-refractivity contribution >= 4 is 37.5 Å². The number of fused-ring (bicyclic) bond motifs is 1. The number of benzene rings is 2. The van der Waals surface area contributed by atoms with Crippen LogP contribution in [0.2, 0.25) is 0 Å². The molecule has 1 aromatic heterocycles. The molecule has 0 N–H and O–H groups in total. The molecule has 0 radical (unpaired) electrons. The molecule has 6 nitrogen and oxygen atoms in total. The number of carbonyl (C=O) groups is 1. The molecule has 3 aromatic rings. The fourth-order valence-corrected chi connectivity index (χ4v) is 7.00. The summed E-state index contributed by atoms with van der Waals surface area (Å²) in [5, 5.41) is 0. The molecule has 176 valence electrons. The lowest BCUT2D eigenvalue weighted by molar-refractivity contribution is 0.0997. The van der Waals surface area contributed by atoms with Crippen molar-refractivity contribution in [3.05, 3.63) is 58.4 Å². The minimum Gasteiger partial charge on any atom is -0.316 e. The first-order chi connectivity index (χ1) is 15.8. The highest BCUT2D eigenvalue weighted by atomic mass is 32.2. The van der Waals surface area contributed by atoms with Gasteiger partial charge in [-0.15, -0.1) is 0 Å². The Kier molecular flexibility index (Phi) is 7.16. The zero-order valence-electron chi connectivity index (χ0n) is 19.5. The Balaban J connectivity index is 1.61. The molecule has 1 aliphatic carbocycles. The van der Waals surface area contributed by atoms with Gasteiger partial charge in [-0.3, -0.25) is 4.79 Å². The van der Waals surface area contributed by atoms with Crippen LogP contribution in [-0.4, -0.2) is 36.3 Å². The van der Waals surface area contributed by atoms with Crippen LogP contribution in [0.15, 0.2) is 52.4 Å². The molecule has 1 saturated carbocycles. The highest BCUT2D eigenvalue weighted by Gasteiger charge is 2.29. The smallest absolute Gasteiger partial charge is 0.279 e. The minimum atomic E-state index is -3.59. The maximum absolute atomic E-state index is 13.1. The van der Waals surface area contributed by atoms with Gasteiger partial charge in [0.15, 0.2) is 4.80 Å². The SMILES string of the molecule is CCCn1c(=NC(=O)c2ccc(S(=O)(=O)N(C)C3CCCCC3)cc2)sc2cc(C)ccc21. The second kappa shape index (κ2) is 9.91. The Morgan fingerprint density at radius 2 is 1.82 bits per heavy atom. The third kappa shape index (κ3) is 4.98. The summed E-state index contributed by atoms with van der Waals surface area (Å²) in [6.45, 7) is 4.92. The van der Waals surface area contributed by atoms with Crippen LogP contribution >= 0.6 is 11.3 Å². The number of aromatic nitrogens is 1. The van der Waals surface area contributed by atoms with Crippen molar-refractivity contribution < 1.29 is 13.2 Å². The first-order valence-corrected chi connectivity index (χ1v) is 13.8. The molecule has 0 aliphatic heterocycles. The third-order valence-corrected chi connectivity index (χ3v) is 9.32. The molecule has 1 fully saturated rings. The van der Waals surface area contributed by atoms with E-state index in [4.69, 9.17) is 0 Å². The summed E-state index contributed by atoms with van der Waals surface area (Å²) in [5.74, 6) is -0.368. The van der Waals surface area contributed by atoms with Crippen LogP contribution in [0.5, 0.6) is 0 Å². The van der Waals surface area contributed by atoms with Crippen LogP contribution in [0.25, 0.3) is 10.2 Å². The normalized spacial score (nSPS) is 16.1. The predicted octanol–water partition coefficient (Wildman–Crippen LogP) is 5.12. The average molecular weight is 486 g/mol. The first kappa shape index (κ1) is 23.9. The molecule has 0 unspecified atom stereocenters. The van der Waals surface area contributed by atoms with Gasteiger partial charge >= 0.3 is 0 Å². The van der Waals surface area contributed by atoms with Crippen LogP contribution in [0.1, 0.15) is 61.4 Å². The quantitative estimate of drug-likeness (QED) is 0.487. The summed E-state index contributed by atoms with van der Waals surface area (Å²) in [6.07, 6.45) is 6.03. The lowest BCUT2D eigenvalue weighted by atomic mass is 9.96. The van der Waals surface area contributed by atoms with Crippen LogP contribution in [0, 0.1) is 6.92 Å². The van der Waals surface area contributed by atoms with E-state index in [1.807, 2.05) is 6.92 Å². The van der Waals surface area contributed by atoms with E-state index in [1.165, 1.54) is 39.8 Å². The summed E-state index contributed by atoms with van der Waals surface area (Å²) in [7, 11) is -1.92. The molecule has 33 heavy (non-hydrogen) atoms. The van der Waals surface area contributed by atoms with Crippen molar-refractivity contribution in [1.29, 1.82) is 0 Å². The van der Waals surface area contributed by atoms with Crippen molar-refractivity contribution in [3.8, 4) is 0 Å². The van der Waals surface area contributed by atoms with E-state index in [0.29, 0.717) is 10.4 Å². The molecule has 1 heterocycles. The number of hydrogen-bond donors (Lipinski definition) is 0.